The smallest absolute Gasteiger partial charge is 0.303 e. The van der Waals surface area contributed by atoms with Gasteiger partial charge in [0.25, 0.3) is 5.91 Å². The summed E-state index contributed by atoms with van der Waals surface area (Å²) in [6, 6.07) is 5.51. The minimum Gasteiger partial charge on any atom is -0.370 e. The molecule has 1 N–H and O–H groups in total. The van der Waals surface area contributed by atoms with Gasteiger partial charge in [0.1, 0.15) is 6.61 Å². The molecule has 10 nitrogen and oxygen atoms in total. The highest BCUT2D eigenvalue weighted by atomic mass is 32.2. The van der Waals surface area contributed by atoms with Gasteiger partial charge in [-0.3, -0.25) is 9.59 Å². The number of likely N-dealkylation sites (N-methyl/N-ethyl adjacent to an activating group) is 3. The zero-order chi connectivity index (χ0) is 30.8. The first kappa shape index (κ1) is 31.4. The predicted octanol–water partition coefficient (Wildman–Crippen LogP) is 3.31. The van der Waals surface area contributed by atoms with Crippen molar-refractivity contribution in [1.82, 2.24) is 23.4 Å². The zero-order valence-corrected chi connectivity index (χ0v) is 26.7. The second kappa shape index (κ2) is 12.9. The molecule has 3 bridgehead atoms. The van der Waals surface area contributed by atoms with E-state index in [0.717, 1.165) is 40.2 Å². The summed E-state index contributed by atoms with van der Waals surface area (Å²) >= 11 is 0. The molecule has 2 amide bonds. The van der Waals surface area contributed by atoms with Crippen molar-refractivity contribution in [3.8, 4) is 0 Å². The van der Waals surface area contributed by atoms with Crippen LogP contribution in [-0.2, 0) is 32.2 Å². The Morgan fingerprint density at radius 2 is 1.70 bits per heavy atom. The molecule has 1 fully saturated rings. The third-order valence-electron chi connectivity index (χ3n) is 9.39. The van der Waals surface area contributed by atoms with E-state index in [1.807, 2.05) is 31.1 Å². The molecule has 43 heavy (non-hydrogen) atoms. The summed E-state index contributed by atoms with van der Waals surface area (Å²) < 4.78 is 37.9. The highest BCUT2D eigenvalue weighted by Gasteiger charge is 2.39. The summed E-state index contributed by atoms with van der Waals surface area (Å²) in [5.74, 6) is -0.384. The molecule has 1 unspecified atom stereocenters. The summed E-state index contributed by atoms with van der Waals surface area (Å²) in [7, 11) is 3.06. The summed E-state index contributed by atoms with van der Waals surface area (Å²) in [5, 5.41) is 1.08. The number of aromatic nitrogens is 1. The number of benzene rings is 1. The van der Waals surface area contributed by atoms with Crippen molar-refractivity contribution in [2.75, 3.05) is 60.5 Å². The first-order chi connectivity index (χ1) is 20.5. The monoisotopic (exact) mass is 611 g/mol. The molecule has 1 saturated carbocycles. The summed E-state index contributed by atoms with van der Waals surface area (Å²) in [4.78, 5) is 30.0. The Morgan fingerprint density at radius 3 is 2.42 bits per heavy atom. The van der Waals surface area contributed by atoms with E-state index in [2.05, 4.69) is 27.5 Å². The molecule has 1 aliphatic heterocycles. The topological polar surface area (TPSA) is 104 Å². The molecule has 0 saturated heterocycles. The van der Waals surface area contributed by atoms with Crippen LogP contribution in [0.3, 0.4) is 0 Å². The second-order valence-corrected chi connectivity index (χ2v) is 14.2. The van der Waals surface area contributed by atoms with Gasteiger partial charge in [-0.25, -0.2) is 4.72 Å². The molecule has 1 aromatic heterocycles. The molecular formula is C32H45N5O5S. The van der Waals surface area contributed by atoms with Crippen LogP contribution in [0.1, 0.15) is 66.1 Å². The first-order valence-corrected chi connectivity index (χ1v) is 16.7. The number of fused-ring (bicyclic) bond motifs is 3. The lowest BCUT2D eigenvalue weighted by Gasteiger charge is -2.35. The minimum atomic E-state index is -4.05. The van der Waals surface area contributed by atoms with Gasteiger partial charge in [0, 0.05) is 69.5 Å². The Labute approximate surface area is 255 Å². The van der Waals surface area contributed by atoms with Crippen LogP contribution < -0.4 is 4.72 Å². The highest BCUT2D eigenvalue weighted by molar-refractivity contribution is 7.87. The van der Waals surface area contributed by atoms with Crippen LogP contribution in [0.2, 0.25) is 0 Å². The van der Waals surface area contributed by atoms with E-state index in [-0.39, 0.29) is 24.6 Å². The van der Waals surface area contributed by atoms with E-state index in [1.165, 1.54) is 31.9 Å². The third-order valence-corrected chi connectivity index (χ3v) is 10.8. The number of allylic oxidation sites excluding steroid dienone is 3. The molecule has 1 aromatic carbocycles. The van der Waals surface area contributed by atoms with Crippen molar-refractivity contribution in [2.45, 2.75) is 49.9 Å². The van der Waals surface area contributed by atoms with Gasteiger partial charge in [-0.15, -0.1) is 0 Å². The van der Waals surface area contributed by atoms with Gasteiger partial charge in [-0.1, -0.05) is 49.6 Å². The summed E-state index contributed by atoms with van der Waals surface area (Å²) in [6.07, 6.45) is 14.9. The molecular weight excluding hydrogens is 566 g/mol. The molecule has 2 aliphatic carbocycles. The fourth-order valence-electron chi connectivity index (χ4n) is 6.70. The van der Waals surface area contributed by atoms with Crippen LogP contribution in [-0.4, -0.2) is 99.4 Å². The summed E-state index contributed by atoms with van der Waals surface area (Å²) in [6.45, 7) is 2.00. The number of carbonyl (C=O) groups excluding carboxylic acids is 2. The molecule has 2 heterocycles. The number of aryl methyl sites for hydroxylation is 1. The van der Waals surface area contributed by atoms with Gasteiger partial charge in [-0.2, -0.15) is 12.7 Å². The fourth-order valence-corrected chi connectivity index (χ4v) is 7.53. The molecule has 1 spiro atoms. The molecule has 234 valence electrons. The largest absolute Gasteiger partial charge is 0.370 e. The van der Waals surface area contributed by atoms with Gasteiger partial charge in [-0.05, 0) is 49.9 Å². The number of nitrogens with one attached hydrogen (secondary N) is 1. The van der Waals surface area contributed by atoms with Crippen LogP contribution in [0, 0.1) is 0 Å². The van der Waals surface area contributed by atoms with Crippen LogP contribution >= 0.6 is 0 Å². The Kier molecular flexibility index (Phi) is 9.46. The molecule has 11 heteroatoms. The van der Waals surface area contributed by atoms with E-state index in [4.69, 9.17) is 4.74 Å². The SMILES string of the molecule is CN1CCN(C)C(=O)COCC2(C=CC=CC2)c2c(C3CCCCC3)c3ccc(cc3n2C)C(=O)NS(=O)(=O)N(C)CC1. The second-order valence-electron chi connectivity index (χ2n) is 12.4. The Balaban J connectivity index is 1.62. The lowest BCUT2D eigenvalue weighted by atomic mass is 9.73. The Hall–Kier alpha value is -2.99. The van der Waals surface area contributed by atoms with E-state index < -0.39 is 21.5 Å². The minimum absolute atomic E-state index is 0.0203. The van der Waals surface area contributed by atoms with Gasteiger partial charge in [0.2, 0.25) is 5.91 Å². The van der Waals surface area contributed by atoms with Crippen molar-refractivity contribution in [1.29, 1.82) is 0 Å². The number of nitrogens with zero attached hydrogens (tertiary/aromatic N) is 4. The van der Waals surface area contributed by atoms with E-state index in [9.17, 15) is 18.0 Å². The van der Waals surface area contributed by atoms with Crippen molar-refractivity contribution in [3.05, 3.63) is 59.3 Å². The van der Waals surface area contributed by atoms with Crippen molar-refractivity contribution >= 4 is 32.9 Å². The van der Waals surface area contributed by atoms with E-state index >= 15 is 0 Å². The van der Waals surface area contributed by atoms with Gasteiger partial charge in [0.05, 0.1) is 12.0 Å². The molecule has 0 radical (unpaired) electrons. The van der Waals surface area contributed by atoms with Crippen LogP contribution in [0.15, 0.2) is 42.5 Å². The average molecular weight is 612 g/mol. The number of amides is 2. The van der Waals surface area contributed by atoms with Crippen LogP contribution in [0.25, 0.3) is 10.9 Å². The zero-order valence-electron chi connectivity index (χ0n) is 25.8. The lowest BCUT2D eigenvalue weighted by Crippen LogP contribution is -2.45. The Bertz CT molecular complexity index is 1520. The van der Waals surface area contributed by atoms with Gasteiger partial charge < -0.3 is 19.1 Å². The maximum atomic E-state index is 13.3. The first-order valence-electron chi connectivity index (χ1n) is 15.3. The van der Waals surface area contributed by atoms with Crippen molar-refractivity contribution in [3.63, 3.8) is 0 Å². The standard InChI is InChI=1S/C32H45N5O5S/c1-34-17-19-35(2)28(38)22-42-23-32(15-9-6-10-16-32)30-29(24-11-7-5-8-12-24)26-14-13-25(21-27(26)37(30)4)31(39)33-43(40,41)36(3)20-18-34/h6,9-10,13-15,21,24H,5,7-8,11-12,16-20,22-23H2,1-4H3,(H,33,39). The third kappa shape index (κ3) is 6.60. The molecule has 2 aromatic rings. The average Bonchev–Trinajstić information content (AvgIpc) is 3.30. The van der Waals surface area contributed by atoms with Crippen molar-refractivity contribution in [2.24, 2.45) is 7.05 Å². The number of carbonyl (C=O) groups is 2. The fraction of sp³-hybridized carbons (Fsp3) is 0.562. The predicted molar refractivity (Wildman–Crippen MR) is 168 cm³/mol. The number of rotatable bonds is 1. The molecule has 3 aliphatic rings. The van der Waals surface area contributed by atoms with E-state index in [1.54, 1.807) is 24.1 Å². The Morgan fingerprint density at radius 1 is 0.953 bits per heavy atom. The van der Waals surface area contributed by atoms with Crippen LogP contribution in [0.4, 0.5) is 0 Å². The molecule has 5 rings (SSSR count). The molecule has 1 atom stereocenters. The lowest BCUT2D eigenvalue weighted by molar-refractivity contribution is -0.135. The van der Waals surface area contributed by atoms with Crippen LogP contribution in [0.5, 0.6) is 0 Å². The number of ether oxygens (including phenoxy) is 1. The van der Waals surface area contributed by atoms with Gasteiger partial charge in [0.15, 0.2) is 0 Å². The van der Waals surface area contributed by atoms with Gasteiger partial charge >= 0.3 is 10.2 Å². The highest BCUT2D eigenvalue weighted by Crippen LogP contribution is 2.46. The quantitative estimate of drug-likeness (QED) is 0.531. The summed E-state index contributed by atoms with van der Waals surface area (Å²) in [5.41, 5.74) is 3.08. The number of hydrogen-bond donors (Lipinski definition) is 1. The maximum absolute atomic E-state index is 13.3. The van der Waals surface area contributed by atoms with Crippen molar-refractivity contribution < 1.29 is 22.7 Å². The maximum Gasteiger partial charge on any atom is 0.303 e. The normalized spacial score (nSPS) is 25.6. The van der Waals surface area contributed by atoms with E-state index in [0.29, 0.717) is 32.2 Å². The number of hydrogen-bond acceptors (Lipinski definition) is 6.